The average Bonchev–Trinajstić information content (AvgIpc) is 2.78. The summed E-state index contributed by atoms with van der Waals surface area (Å²) >= 11 is 0. The number of hydrogen-bond acceptors (Lipinski definition) is 1. The molecular weight excluding hydrogens is 412 g/mol. The van der Waals surface area contributed by atoms with Gasteiger partial charge in [-0.1, -0.05) is 30.3 Å². The lowest BCUT2D eigenvalue weighted by molar-refractivity contribution is -0.0184. The van der Waals surface area contributed by atoms with Crippen LogP contribution in [0.1, 0.15) is 93.7 Å². The Kier molecular flexibility index (Phi) is 4.16. The van der Waals surface area contributed by atoms with E-state index in [-0.39, 0.29) is 5.41 Å². The third kappa shape index (κ3) is 2.79. The van der Waals surface area contributed by atoms with Crippen LogP contribution >= 0.6 is 0 Å². The second kappa shape index (κ2) is 6.92. The van der Waals surface area contributed by atoms with Crippen LogP contribution in [-0.4, -0.2) is 5.11 Å². The van der Waals surface area contributed by atoms with Crippen molar-refractivity contribution in [1.82, 2.24) is 0 Å². The molecule has 2 aromatic carbocycles. The molecule has 0 atom stereocenters. The smallest absolute Gasteiger partial charge is 0.127 e. The molecule has 0 unspecified atom stereocenters. The molecule has 0 radical (unpaired) electrons. The first-order chi connectivity index (χ1) is 16.5. The number of phenolic OH excluding ortho intramolecular Hbond substituents is 1. The Labute approximate surface area is 205 Å². The molecule has 0 heterocycles. The fourth-order valence-corrected chi connectivity index (χ4v) is 11.7. The molecule has 178 valence electrons. The molecule has 2 aromatic rings. The van der Waals surface area contributed by atoms with Crippen LogP contribution in [0.25, 0.3) is 11.1 Å². The van der Waals surface area contributed by atoms with Crippen LogP contribution in [-0.2, 0) is 10.8 Å². The van der Waals surface area contributed by atoms with E-state index in [1.165, 1.54) is 93.7 Å². The van der Waals surface area contributed by atoms with E-state index in [1.807, 2.05) is 0 Å². The van der Waals surface area contributed by atoms with Gasteiger partial charge in [0.25, 0.3) is 0 Å². The number of aromatic hydroxyl groups is 1. The third-order valence-corrected chi connectivity index (χ3v) is 11.7. The normalized spacial score (nSPS) is 43.6. The van der Waals surface area contributed by atoms with Crippen molar-refractivity contribution >= 4 is 0 Å². The summed E-state index contributed by atoms with van der Waals surface area (Å²) in [5.41, 5.74) is 7.46. The minimum atomic E-state index is 0.229. The highest BCUT2D eigenvalue weighted by molar-refractivity contribution is 5.76. The Bertz CT molecular complexity index is 1070. The maximum Gasteiger partial charge on any atom is 0.127 e. The van der Waals surface area contributed by atoms with Crippen LogP contribution in [0.2, 0.25) is 0 Å². The SMILES string of the molecule is Cc1cc(-c2ccccc2)c(O)c(C23CC4CC(CC(C4)C2)C3)c1C12CC3CC(CC(C3)C1)C2. The minimum absolute atomic E-state index is 0.229. The summed E-state index contributed by atoms with van der Waals surface area (Å²) in [7, 11) is 0. The second-order valence-corrected chi connectivity index (χ2v) is 14.1. The average molecular weight is 453 g/mol. The Morgan fingerprint density at radius 3 is 1.47 bits per heavy atom. The van der Waals surface area contributed by atoms with Gasteiger partial charge in [-0.3, -0.25) is 0 Å². The number of hydrogen-bond donors (Lipinski definition) is 1. The Balaban J connectivity index is 1.38. The number of phenols is 1. The van der Waals surface area contributed by atoms with Crippen molar-refractivity contribution in [3.05, 3.63) is 53.1 Å². The van der Waals surface area contributed by atoms with Crippen LogP contribution in [0.4, 0.5) is 0 Å². The molecule has 8 fully saturated rings. The van der Waals surface area contributed by atoms with E-state index in [0.717, 1.165) is 41.1 Å². The molecule has 1 heteroatoms. The number of rotatable bonds is 3. The summed E-state index contributed by atoms with van der Waals surface area (Å²) in [6.07, 6.45) is 17.0. The van der Waals surface area contributed by atoms with Crippen LogP contribution in [0, 0.1) is 42.4 Å². The molecule has 1 N–H and O–H groups in total. The largest absolute Gasteiger partial charge is 0.507 e. The van der Waals surface area contributed by atoms with E-state index < -0.39 is 0 Å². The Morgan fingerprint density at radius 2 is 1.03 bits per heavy atom. The van der Waals surface area contributed by atoms with Crippen molar-refractivity contribution in [2.24, 2.45) is 35.5 Å². The molecule has 8 aliphatic rings. The van der Waals surface area contributed by atoms with Gasteiger partial charge < -0.3 is 5.11 Å². The molecular formula is C33H40O. The standard InChI is InChI=1S/C33H40O/c1-20-7-28(27-5-3-2-4-6-27)31(34)30(33-17-24-11-25(18-33)13-26(12-24)19-33)29(20)32-14-21-8-22(15-32)10-23(9-21)16-32/h2-7,21-26,34H,8-19H2,1H3. The summed E-state index contributed by atoms with van der Waals surface area (Å²) in [6.45, 7) is 2.41. The fourth-order valence-electron chi connectivity index (χ4n) is 11.7. The molecule has 0 aliphatic heterocycles. The highest BCUT2D eigenvalue weighted by atomic mass is 16.3. The van der Waals surface area contributed by atoms with Crippen molar-refractivity contribution in [3.8, 4) is 16.9 Å². The highest BCUT2D eigenvalue weighted by Gasteiger charge is 2.58. The van der Waals surface area contributed by atoms with E-state index in [9.17, 15) is 5.11 Å². The Hall–Kier alpha value is -1.76. The van der Waals surface area contributed by atoms with Crippen LogP contribution in [0.15, 0.2) is 36.4 Å². The van der Waals surface area contributed by atoms with Crippen molar-refractivity contribution in [2.75, 3.05) is 0 Å². The van der Waals surface area contributed by atoms with Gasteiger partial charge in [-0.25, -0.2) is 0 Å². The Morgan fingerprint density at radius 1 is 0.618 bits per heavy atom. The molecule has 8 aliphatic carbocycles. The van der Waals surface area contributed by atoms with Gasteiger partial charge in [0, 0.05) is 16.5 Å². The molecule has 0 aromatic heterocycles. The summed E-state index contributed by atoms with van der Waals surface area (Å²) in [5.74, 6) is 6.17. The van der Waals surface area contributed by atoms with E-state index >= 15 is 0 Å². The summed E-state index contributed by atoms with van der Waals surface area (Å²) in [4.78, 5) is 0. The third-order valence-electron chi connectivity index (χ3n) is 11.7. The molecule has 10 rings (SSSR count). The topological polar surface area (TPSA) is 20.2 Å². The lowest BCUT2D eigenvalue weighted by Gasteiger charge is -2.61. The minimum Gasteiger partial charge on any atom is -0.507 e. The van der Waals surface area contributed by atoms with Gasteiger partial charge in [0.15, 0.2) is 0 Å². The predicted molar refractivity (Wildman–Crippen MR) is 138 cm³/mol. The van der Waals surface area contributed by atoms with Crippen molar-refractivity contribution in [2.45, 2.75) is 94.8 Å². The number of aryl methyl sites for hydroxylation is 1. The predicted octanol–water partition coefficient (Wildman–Crippen LogP) is 8.30. The molecule has 34 heavy (non-hydrogen) atoms. The monoisotopic (exact) mass is 452 g/mol. The molecule has 1 nitrogen and oxygen atoms in total. The number of benzene rings is 2. The van der Waals surface area contributed by atoms with Gasteiger partial charge in [0.05, 0.1) is 0 Å². The molecule has 8 saturated carbocycles. The van der Waals surface area contributed by atoms with E-state index in [0.29, 0.717) is 11.2 Å². The van der Waals surface area contributed by atoms with Crippen molar-refractivity contribution in [3.63, 3.8) is 0 Å². The quantitative estimate of drug-likeness (QED) is 0.496. The van der Waals surface area contributed by atoms with Gasteiger partial charge in [-0.05, 0) is 148 Å². The van der Waals surface area contributed by atoms with Crippen LogP contribution in [0.3, 0.4) is 0 Å². The zero-order valence-corrected chi connectivity index (χ0v) is 20.9. The van der Waals surface area contributed by atoms with Crippen molar-refractivity contribution < 1.29 is 5.11 Å². The summed E-state index contributed by atoms with van der Waals surface area (Å²) < 4.78 is 0. The summed E-state index contributed by atoms with van der Waals surface area (Å²) in [5, 5.41) is 12.3. The van der Waals surface area contributed by atoms with E-state index in [1.54, 1.807) is 5.56 Å². The first-order valence-corrected chi connectivity index (χ1v) is 14.4. The molecule has 0 amide bonds. The van der Waals surface area contributed by atoms with E-state index in [4.69, 9.17) is 0 Å². The summed E-state index contributed by atoms with van der Waals surface area (Å²) in [6, 6.07) is 13.1. The van der Waals surface area contributed by atoms with Gasteiger partial charge in [0.1, 0.15) is 5.75 Å². The molecule has 8 bridgehead atoms. The van der Waals surface area contributed by atoms with Crippen LogP contribution < -0.4 is 0 Å². The van der Waals surface area contributed by atoms with Crippen LogP contribution in [0.5, 0.6) is 5.75 Å². The molecule has 0 saturated heterocycles. The van der Waals surface area contributed by atoms with E-state index in [2.05, 4.69) is 43.3 Å². The first kappa shape index (κ1) is 20.4. The van der Waals surface area contributed by atoms with Gasteiger partial charge in [0.2, 0.25) is 0 Å². The molecule has 0 spiro atoms. The van der Waals surface area contributed by atoms with Gasteiger partial charge >= 0.3 is 0 Å². The maximum absolute atomic E-state index is 12.3. The van der Waals surface area contributed by atoms with Crippen molar-refractivity contribution in [1.29, 1.82) is 0 Å². The zero-order chi connectivity index (χ0) is 22.7. The highest BCUT2D eigenvalue weighted by Crippen LogP contribution is 2.67. The fraction of sp³-hybridized carbons (Fsp3) is 0.636. The zero-order valence-electron chi connectivity index (χ0n) is 20.9. The first-order valence-electron chi connectivity index (χ1n) is 14.4. The lowest BCUT2D eigenvalue weighted by Crippen LogP contribution is -2.52. The van der Waals surface area contributed by atoms with Gasteiger partial charge in [-0.2, -0.15) is 0 Å². The lowest BCUT2D eigenvalue weighted by atomic mass is 9.43. The van der Waals surface area contributed by atoms with Gasteiger partial charge in [-0.15, -0.1) is 0 Å². The second-order valence-electron chi connectivity index (χ2n) is 14.1. The maximum atomic E-state index is 12.3.